The van der Waals surface area contributed by atoms with Gasteiger partial charge in [-0.2, -0.15) is 13.2 Å². The van der Waals surface area contributed by atoms with Crippen LogP contribution < -0.4 is 16.1 Å². The van der Waals surface area contributed by atoms with Gasteiger partial charge in [0, 0.05) is 50.9 Å². The molecular weight excluding hydrogens is 541 g/mol. The van der Waals surface area contributed by atoms with Crippen molar-refractivity contribution in [1.82, 2.24) is 24.0 Å². The van der Waals surface area contributed by atoms with E-state index in [9.17, 15) is 27.6 Å². The van der Waals surface area contributed by atoms with E-state index in [0.29, 0.717) is 48.2 Å². The summed E-state index contributed by atoms with van der Waals surface area (Å²) in [4.78, 5) is 49.3. The largest absolute Gasteiger partial charge is 0.412 e. The lowest BCUT2D eigenvalue weighted by atomic mass is 10.1. The summed E-state index contributed by atoms with van der Waals surface area (Å²) in [5.41, 5.74) is 1.34. The second-order valence-electron chi connectivity index (χ2n) is 9.78. The van der Waals surface area contributed by atoms with Crippen LogP contribution in [0.2, 0.25) is 0 Å². The van der Waals surface area contributed by atoms with Crippen molar-refractivity contribution in [2.75, 3.05) is 32.2 Å². The number of aromatic nitrogens is 4. The zero-order chi connectivity index (χ0) is 29.9. The number of anilines is 1. The van der Waals surface area contributed by atoms with Crippen LogP contribution in [-0.2, 0) is 22.6 Å². The van der Waals surface area contributed by atoms with Crippen molar-refractivity contribution in [1.29, 1.82) is 0 Å². The maximum atomic E-state index is 13.4. The van der Waals surface area contributed by atoms with Gasteiger partial charge in [0.05, 0.1) is 24.2 Å². The molecule has 1 atom stereocenters. The van der Waals surface area contributed by atoms with Crippen LogP contribution >= 0.6 is 0 Å². The van der Waals surface area contributed by atoms with Gasteiger partial charge in [-0.15, -0.1) is 0 Å². The number of carbonyl (C=O) groups excluding carboxylic acids is 1. The van der Waals surface area contributed by atoms with E-state index in [2.05, 4.69) is 9.97 Å². The normalized spacial score (nSPS) is 15.4. The molecular formula is C28H33F3N6O4. The maximum absolute atomic E-state index is 13.4. The molecule has 1 N–H and O–H groups in total. The summed E-state index contributed by atoms with van der Waals surface area (Å²) in [6, 6.07) is 3.24. The third kappa shape index (κ3) is 5.99. The number of likely N-dealkylation sites (N-methyl/N-ethyl adjacent to an activating group) is 1. The number of amides is 1. The van der Waals surface area contributed by atoms with E-state index >= 15 is 0 Å². The molecule has 3 aromatic heterocycles. The van der Waals surface area contributed by atoms with Crippen LogP contribution in [0.5, 0.6) is 0 Å². The number of alkyl halides is 3. The number of pyridine rings is 1. The van der Waals surface area contributed by atoms with Crippen molar-refractivity contribution >= 4 is 22.8 Å². The van der Waals surface area contributed by atoms with E-state index in [4.69, 9.17) is 4.74 Å². The molecule has 41 heavy (non-hydrogen) atoms. The summed E-state index contributed by atoms with van der Waals surface area (Å²) >= 11 is 0. The number of aromatic amines is 1. The maximum Gasteiger partial charge on any atom is 0.412 e. The first-order valence-electron chi connectivity index (χ1n) is 13.3. The van der Waals surface area contributed by atoms with Gasteiger partial charge in [-0.1, -0.05) is 19.9 Å². The molecule has 1 amide bonds. The number of ether oxygens (including phenoxy) is 1. The number of carbonyl (C=O) groups is 1. The quantitative estimate of drug-likeness (QED) is 0.396. The molecule has 0 saturated carbocycles. The van der Waals surface area contributed by atoms with Crippen LogP contribution in [0.3, 0.4) is 0 Å². The molecule has 1 aliphatic rings. The fourth-order valence-electron chi connectivity index (χ4n) is 4.81. The number of hydrogen-bond donors (Lipinski definition) is 1. The van der Waals surface area contributed by atoms with Crippen molar-refractivity contribution in [2.45, 2.75) is 52.0 Å². The minimum Gasteiger partial charge on any atom is -0.383 e. The summed E-state index contributed by atoms with van der Waals surface area (Å²) in [6.07, 6.45) is 1.67. The number of nitrogens with zero attached hydrogens (tertiary/aromatic N) is 5. The summed E-state index contributed by atoms with van der Waals surface area (Å²) < 4.78 is 47.7. The SMILES string of the molecule is CCCn1c(=O)c2[nH]c(-c3ccc(N(CCOC)C(=O)C4=CN(C)C(C(F)(F)F)C=C4)nc3)cc2n(CCC)c1=O. The Morgan fingerprint density at radius 1 is 1.15 bits per heavy atom. The zero-order valence-corrected chi connectivity index (χ0v) is 23.4. The Hall–Kier alpha value is -4.13. The number of nitrogens with one attached hydrogen (secondary N) is 1. The Kier molecular flexibility index (Phi) is 8.86. The first-order chi connectivity index (χ1) is 19.5. The van der Waals surface area contributed by atoms with E-state index in [1.54, 1.807) is 22.8 Å². The van der Waals surface area contributed by atoms with Gasteiger partial charge in [0.15, 0.2) is 0 Å². The smallest absolute Gasteiger partial charge is 0.383 e. The Bertz CT molecular complexity index is 1580. The van der Waals surface area contributed by atoms with Crippen molar-refractivity contribution in [3.63, 3.8) is 0 Å². The summed E-state index contributed by atoms with van der Waals surface area (Å²) in [7, 11) is 2.74. The number of methoxy groups -OCH3 is 1. The Morgan fingerprint density at radius 2 is 1.85 bits per heavy atom. The summed E-state index contributed by atoms with van der Waals surface area (Å²) in [6.45, 7) is 4.90. The molecule has 1 aliphatic heterocycles. The lowest BCUT2D eigenvalue weighted by Crippen LogP contribution is -2.42. The van der Waals surface area contributed by atoms with Gasteiger partial charge < -0.3 is 14.6 Å². The standard InChI is InChI=1S/C28H33F3N6O4/c1-5-11-35-21-15-20(33-24(21)26(39)37(12-6-2)27(35)40)18-8-10-23(32-16-18)36(13-14-41-4)25(38)19-7-9-22(28(29,30)31)34(3)17-19/h7-10,15-17,22,33H,5-6,11-14H2,1-4H3. The minimum atomic E-state index is -4.47. The zero-order valence-electron chi connectivity index (χ0n) is 23.4. The molecule has 0 saturated heterocycles. The highest BCUT2D eigenvalue weighted by Gasteiger charge is 2.41. The highest BCUT2D eigenvalue weighted by molar-refractivity contribution is 6.07. The number of H-pyrrole nitrogens is 1. The van der Waals surface area contributed by atoms with Crippen molar-refractivity contribution in [3.05, 3.63) is 69.2 Å². The van der Waals surface area contributed by atoms with Gasteiger partial charge in [-0.25, -0.2) is 9.78 Å². The molecule has 13 heteroatoms. The van der Waals surface area contributed by atoms with Crippen LogP contribution in [0.25, 0.3) is 22.3 Å². The molecule has 0 fully saturated rings. The second kappa shape index (κ2) is 12.2. The third-order valence-corrected chi connectivity index (χ3v) is 6.82. The molecule has 0 spiro atoms. The lowest BCUT2D eigenvalue weighted by molar-refractivity contribution is -0.161. The van der Waals surface area contributed by atoms with Crippen LogP contribution in [-0.4, -0.2) is 69.4 Å². The monoisotopic (exact) mass is 574 g/mol. The average molecular weight is 575 g/mol. The number of halogens is 3. The van der Waals surface area contributed by atoms with E-state index < -0.39 is 23.7 Å². The number of aryl methyl sites for hydroxylation is 1. The predicted octanol–water partition coefficient (Wildman–Crippen LogP) is 3.67. The van der Waals surface area contributed by atoms with E-state index in [1.807, 2.05) is 13.8 Å². The lowest BCUT2D eigenvalue weighted by Gasteiger charge is -2.31. The van der Waals surface area contributed by atoms with E-state index in [1.165, 1.54) is 42.1 Å². The highest BCUT2D eigenvalue weighted by Crippen LogP contribution is 2.29. The fraction of sp³-hybridized carbons (Fsp3) is 0.429. The average Bonchev–Trinajstić information content (AvgIpc) is 3.39. The molecule has 4 heterocycles. The minimum absolute atomic E-state index is 0.0721. The van der Waals surface area contributed by atoms with E-state index in [0.717, 1.165) is 11.0 Å². The Balaban J connectivity index is 1.68. The number of rotatable bonds is 10. The van der Waals surface area contributed by atoms with Gasteiger partial charge in [-0.3, -0.25) is 23.6 Å². The third-order valence-electron chi connectivity index (χ3n) is 6.82. The Morgan fingerprint density at radius 3 is 2.44 bits per heavy atom. The molecule has 0 aliphatic carbocycles. The topological polar surface area (TPSA) is 105 Å². The first kappa shape index (κ1) is 29.8. The van der Waals surface area contributed by atoms with Gasteiger partial charge in [0.1, 0.15) is 17.4 Å². The van der Waals surface area contributed by atoms with Crippen molar-refractivity contribution in [3.8, 4) is 11.3 Å². The molecule has 4 rings (SSSR count). The molecule has 1 unspecified atom stereocenters. The summed E-state index contributed by atoms with van der Waals surface area (Å²) in [5, 5.41) is 0. The van der Waals surface area contributed by atoms with Gasteiger partial charge in [-0.05, 0) is 37.1 Å². The molecule has 10 nitrogen and oxygen atoms in total. The van der Waals surface area contributed by atoms with E-state index in [-0.39, 0.29) is 30.2 Å². The molecule has 0 bridgehead atoms. The number of fused-ring (bicyclic) bond motifs is 1. The van der Waals surface area contributed by atoms with Crippen LogP contribution in [0, 0.1) is 0 Å². The van der Waals surface area contributed by atoms with Crippen LogP contribution in [0.4, 0.5) is 19.0 Å². The fourth-order valence-corrected chi connectivity index (χ4v) is 4.81. The second-order valence-corrected chi connectivity index (χ2v) is 9.78. The molecule has 220 valence electrons. The van der Waals surface area contributed by atoms with Crippen LogP contribution in [0.1, 0.15) is 26.7 Å². The predicted molar refractivity (Wildman–Crippen MR) is 150 cm³/mol. The Labute approximate surface area is 234 Å². The molecule has 0 aromatic carbocycles. The van der Waals surface area contributed by atoms with Gasteiger partial charge in [0.25, 0.3) is 11.5 Å². The molecule has 3 aromatic rings. The van der Waals surface area contributed by atoms with Crippen molar-refractivity contribution in [2.24, 2.45) is 0 Å². The van der Waals surface area contributed by atoms with Crippen LogP contribution in [0.15, 0.2) is 57.9 Å². The number of hydrogen-bond acceptors (Lipinski definition) is 6. The van der Waals surface area contributed by atoms with Gasteiger partial charge in [0.2, 0.25) is 0 Å². The molecule has 0 radical (unpaired) electrons. The highest BCUT2D eigenvalue weighted by atomic mass is 19.4. The summed E-state index contributed by atoms with van der Waals surface area (Å²) in [5.74, 6) is -0.258. The van der Waals surface area contributed by atoms with Gasteiger partial charge >= 0.3 is 11.9 Å². The van der Waals surface area contributed by atoms with Crippen molar-refractivity contribution < 1.29 is 22.7 Å². The first-order valence-corrected chi connectivity index (χ1v) is 13.3.